The first-order chi connectivity index (χ1) is 8.99. The second-order valence-electron chi connectivity index (χ2n) is 5.37. The molecule has 0 aliphatic heterocycles. The normalized spacial score (nSPS) is 14.1. The van der Waals surface area contributed by atoms with Crippen LogP contribution in [0, 0.1) is 5.92 Å². The van der Waals surface area contributed by atoms with Gasteiger partial charge in [0, 0.05) is 18.6 Å². The fraction of sp³-hybridized carbons (Fsp3) is 0.533. The average molecular weight is 263 g/mol. The highest BCUT2D eigenvalue weighted by Gasteiger charge is 2.15. The molecule has 0 radical (unpaired) electrons. The maximum absolute atomic E-state index is 10.8. The number of carbonyl (C=O) groups excluding carboxylic acids is 1. The Morgan fingerprint density at radius 3 is 2.37 bits per heavy atom. The molecular formula is C15H25N3O. The SMILES string of the molecule is CC(C)C[C@H](CNC(N)=O)N[C@@H](C)c1ccccc1. The predicted octanol–water partition coefficient (Wildman–Crippen LogP) is 2.42. The van der Waals surface area contributed by atoms with E-state index in [0.29, 0.717) is 12.5 Å². The van der Waals surface area contributed by atoms with Crippen LogP contribution in [0.15, 0.2) is 30.3 Å². The number of hydrogen-bond acceptors (Lipinski definition) is 2. The molecule has 0 bridgehead atoms. The zero-order chi connectivity index (χ0) is 14.3. The van der Waals surface area contributed by atoms with Crippen LogP contribution in [0.4, 0.5) is 4.79 Å². The van der Waals surface area contributed by atoms with Gasteiger partial charge in [-0.05, 0) is 24.8 Å². The lowest BCUT2D eigenvalue weighted by molar-refractivity contribution is 0.246. The van der Waals surface area contributed by atoms with E-state index in [1.54, 1.807) is 0 Å². The molecule has 2 atom stereocenters. The van der Waals surface area contributed by atoms with Crippen molar-refractivity contribution in [2.75, 3.05) is 6.54 Å². The molecule has 0 spiro atoms. The van der Waals surface area contributed by atoms with Gasteiger partial charge in [0.2, 0.25) is 0 Å². The third kappa shape index (κ3) is 6.25. The van der Waals surface area contributed by atoms with Crippen molar-refractivity contribution in [2.24, 2.45) is 11.7 Å². The Morgan fingerprint density at radius 1 is 1.21 bits per heavy atom. The molecule has 0 saturated heterocycles. The Hall–Kier alpha value is -1.55. The Labute approximate surface area is 115 Å². The van der Waals surface area contributed by atoms with E-state index in [9.17, 15) is 4.79 Å². The molecule has 0 aliphatic rings. The van der Waals surface area contributed by atoms with E-state index in [1.165, 1.54) is 5.56 Å². The molecular weight excluding hydrogens is 238 g/mol. The monoisotopic (exact) mass is 263 g/mol. The molecule has 4 heteroatoms. The minimum atomic E-state index is -0.470. The lowest BCUT2D eigenvalue weighted by Crippen LogP contribution is -2.44. The van der Waals surface area contributed by atoms with Gasteiger partial charge in [0.15, 0.2) is 0 Å². The highest BCUT2D eigenvalue weighted by Crippen LogP contribution is 2.14. The molecule has 19 heavy (non-hydrogen) atoms. The maximum Gasteiger partial charge on any atom is 0.312 e. The van der Waals surface area contributed by atoms with Crippen molar-refractivity contribution in [1.29, 1.82) is 0 Å². The van der Waals surface area contributed by atoms with Gasteiger partial charge in [0.05, 0.1) is 0 Å². The van der Waals surface area contributed by atoms with Gasteiger partial charge in [-0.15, -0.1) is 0 Å². The van der Waals surface area contributed by atoms with Crippen molar-refractivity contribution < 1.29 is 4.79 Å². The molecule has 0 unspecified atom stereocenters. The maximum atomic E-state index is 10.8. The molecule has 1 aromatic rings. The zero-order valence-electron chi connectivity index (χ0n) is 12.0. The van der Waals surface area contributed by atoms with Gasteiger partial charge in [0.25, 0.3) is 0 Å². The van der Waals surface area contributed by atoms with E-state index >= 15 is 0 Å². The van der Waals surface area contributed by atoms with Crippen LogP contribution in [0.5, 0.6) is 0 Å². The lowest BCUT2D eigenvalue weighted by atomic mass is 10.0. The van der Waals surface area contributed by atoms with Gasteiger partial charge in [-0.3, -0.25) is 0 Å². The zero-order valence-corrected chi connectivity index (χ0v) is 12.0. The van der Waals surface area contributed by atoms with Gasteiger partial charge in [-0.25, -0.2) is 4.79 Å². The number of nitrogens with two attached hydrogens (primary N) is 1. The third-order valence-electron chi connectivity index (χ3n) is 3.06. The number of benzene rings is 1. The Kier molecular flexibility index (Phi) is 6.36. The minimum Gasteiger partial charge on any atom is -0.352 e. The average Bonchev–Trinajstić information content (AvgIpc) is 2.36. The molecule has 4 N–H and O–H groups in total. The summed E-state index contributed by atoms with van der Waals surface area (Å²) in [5.74, 6) is 0.565. The molecule has 1 aromatic carbocycles. The summed E-state index contributed by atoms with van der Waals surface area (Å²) in [4.78, 5) is 10.8. The first-order valence-electron chi connectivity index (χ1n) is 6.83. The van der Waals surface area contributed by atoms with Gasteiger partial charge >= 0.3 is 6.03 Å². The van der Waals surface area contributed by atoms with Crippen LogP contribution in [-0.2, 0) is 0 Å². The Balaban J connectivity index is 2.57. The fourth-order valence-corrected chi connectivity index (χ4v) is 2.19. The van der Waals surface area contributed by atoms with Gasteiger partial charge < -0.3 is 16.4 Å². The molecule has 0 aromatic heterocycles. The summed E-state index contributed by atoms with van der Waals surface area (Å²) < 4.78 is 0. The molecule has 4 nitrogen and oxygen atoms in total. The van der Waals surface area contributed by atoms with Gasteiger partial charge in [0.1, 0.15) is 0 Å². The number of carbonyl (C=O) groups is 1. The lowest BCUT2D eigenvalue weighted by Gasteiger charge is -2.25. The van der Waals surface area contributed by atoms with E-state index in [-0.39, 0.29) is 12.1 Å². The second kappa shape index (κ2) is 7.79. The van der Waals surface area contributed by atoms with E-state index in [0.717, 1.165) is 6.42 Å². The predicted molar refractivity (Wildman–Crippen MR) is 78.8 cm³/mol. The van der Waals surface area contributed by atoms with Crippen LogP contribution in [-0.4, -0.2) is 18.6 Å². The summed E-state index contributed by atoms with van der Waals surface area (Å²) in [5.41, 5.74) is 6.38. The Bertz CT molecular complexity index is 378. The molecule has 0 fully saturated rings. The molecule has 0 aliphatic carbocycles. The summed E-state index contributed by atoms with van der Waals surface area (Å²) in [5, 5.41) is 6.23. The minimum absolute atomic E-state index is 0.225. The van der Waals surface area contributed by atoms with Gasteiger partial charge in [-0.1, -0.05) is 44.2 Å². The first-order valence-corrected chi connectivity index (χ1v) is 6.83. The molecule has 0 heterocycles. The van der Waals surface area contributed by atoms with E-state index in [4.69, 9.17) is 5.73 Å². The molecule has 106 valence electrons. The van der Waals surface area contributed by atoms with Crippen molar-refractivity contribution in [3.8, 4) is 0 Å². The quantitative estimate of drug-likeness (QED) is 0.707. The largest absolute Gasteiger partial charge is 0.352 e. The summed E-state index contributed by atoms with van der Waals surface area (Å²) in [6.45, 7) is 7.04. The van der Waals surface area contributed by atoms with Crippen molar-refractivity contribution in [3.05, 3.63) is 35.9 Å². The fourth-order valence-electron chi connectivity index (χ4n) is 2.19. The molecule has 0 saturated carbocycles. The standard InChI is InChI=1S/C15H25N3O/c1-11(2)9-14(10-17-15(16)19)18-12(3)13-7-5-4-6-8-13/h4-8,11-12,14,18H,9-10H2,1-3H3,(H3,16,17,19)/t12-,14+/m0/s1. The van der Waals surface area contributed by atoms with Crippen molar-refractivity contribution in [3.63, 3.8) is 0 Å². The van der Waals surface area contributed by atoms with Crippen LogP contribution in [0.2, 0.25) is 0 Å². The number of nitrogens with one attached hydrogen (secondary N) is 2. The van der Waals surface area contributed by atoms with Crippen LogP contribution in [0.3, 0.4) is 0 Å². The highest BCUT2D eigenvalue weighted by molar-refractivity contribution is 5.71. The molecule has 1 rings (SSSR count). The smallest absolute Gasteiger partial charge is 0.312 e. The number of amides is 2. The van der Waals surface area contributed by atoms with Gasteiger partial charge in [-0.2, -0.15) is 0 Å². The van der Waals surface area contributed by atoms with Crippen LogP contribution in [0.1, 0.15) is 38.8 Å². The van der Waals surface area contributed by atoms with E-state index < -0.39 is 6.03 Å². The van der Waals surface area contributed by atoms with Crippen LogP contribution >= 0.6 is 0 Å². The van der Waals surface area contributed by atoms with Crippen molar-refractivity contribution >= 4 is 6.03 Å². The first kappa shape index (κ1) is 15.5. The summed E-state index contributed by atoms with van der Waals surface area (Å²) in [6.07, 6.45) is 0.997. The van der Waals surface area contributed by atoms with E-state index in [2.05, 4.69) is 43.5 Å². The number of rotatable bonds is 7. The van der Waals surface area contributed by atoms with E-state index in [1.807, 2.05) is 18.2 Å². The topological polar surface area (TPSA) is 67.1 Å². The number of urea groups is 1. The summed E-state index contributed by atoms with van der Waals surface area (Å²) in [6, 6.07) is 10.3. The highest BCUT2D eigenvalue weighted by atomic mass is 16.2. The van der Waals surface area contributed by atoms with Crippen LogP contribution < -0.4 is 16.4 Å². The number of primary amides is 1. The number of hydrogen-bond donors (Lipinski definition) is 3. The Morgan fingerprint density at radius 2 is 1.84 bits per heavy atom. The van der Waals surface area contributed by atoms with Crippen LogP contribution in [0.25, 0.3) is 0 Å². The summed E-state index contributed by atoms with van der Waals surface area (Å²) >= 11 is 0. The third-order valence-corrected chi connectivity index (χ3v) is 3.06. The van der Waals surface area contributed by atoms with Crippen molar-refractivity contribution in [2.45, 2.75) is 39.3 Å². The van der Waals surface area contributed by atoms with Crippen molar-refractivity contribution in [1.82, 2.24) is 10.6 Å². The molecule has 2 amide bonds. The summed E-state index contributed by atoms with van der Waals surface area (Å²) in [7, 11) is 0. The second-order valence-corrected chi connectivity index (χ2v) is 5.37.